The molecule has 2 aliphatic heterocycles. The average Bonchev–Trinajstić information content (AvgIpc) is 3.16. The monoisotopic (exact) mass is 513 g/mol. The Balaban J connectivity index is 0.00000243. The lowest BCUT2D eigenvalue weighted by Crippen LogP contribution is -2.47. The largest absolute Gasteiger partial charge is 0.381 e. The molecule has 6 nitrogen and oxygen atoms in total. The molecule has 0 aliphatic carbocycles. The van der Waals surface area contributed by atoms with Gasteiger partial charge >= 0.3 is 0 Å². The summed E-state index contributed by atoms with van der Waals surface area (Å²) in [5.74, 6) is 1.56. The molecule has 0 saturated carbocycles. The normalized spacial score (nSPS) is 23.4. The number of rotatable bonds is 5. The van der Waals surface area contributed by atoms with Crippen LogP contribution in [-0.2, 0) is 21.1 Å². The maximum absolute atomic E-state index is 11.6. The third-order valence-electron chi connectivity index (χ3n) is 4.80. The Hall–Kier alpha value is -0.390. The molecule has 1 atom stereocenters. The van der Waals surface area contributed by atoms with Gasteiger partial charge in [-0.05, 0) is 49.1 Å². The van der Waals surface area contributed by atoms with E-state index in [0.29, 0.717) is 24.9 Å². The number of hydrogen-bond donors (Lipinski definition) is 2. The van der Waals surface area contributed by atoms with Gasteiger partial charge in [0.05, 0.1) is 18.1 Å². The van der Waals surface area contributed by atoms with E-state index in [1.165, 1.54) is 10.4 Å². The van der Waals surface area contributed by atoms with E-state index >= 15 is 0 Å². The van der Waals surface area contributed by atoms with Crippen LogP contribution < -0.4 is 10.6 Å². The summed E-state index contributed by atoms with van der Waals surface area (Å²) in [4.78, 5) is 5.99. The molecule has 2 fully saturated rings. The second kappa shape index (κ2) is 10.2. The number of nitrogens with zero attached hydrogens (tertiary/aromatic N) is 1. The highest BCUT2D eigenvalue weighted by molar-refractivity contribution is 14.0. The van der Waals surface area contributed by atoms with Gasteiger partial charge in [0.25, 0.3) is 0 Å². The quantitative estimate of drug-likeness (QED) is 0.359. The molecule has 1 unspecified atom stereocenters. The summed E-state index contributed by atoms with van der Waals surface area (Å²) < 4.78 is 28.7. The number of hydrogen-bond acceptors (Lipinski definition) is 5. The van der Waals surface area contributed by atoms with E-state index in [4.69, 9.17) is 9.73 Å². The van der Waals surface area contributed by atoms with E-state index in [1.54, 1.807) is 11.3 Å². The number of thiophene rings is 1. The molecule has 3 rings (SSSR count). The highest BCUT2D eigenvalue weighted by Gasteiger charge is 2.28. The second-order valence-corrected chi connectivity index (χ2v) is 10.1. The third kappa shape index (κ3) is 6.65. The summed E-state index contributed by atoms with van der Waals surface area (Å²) in [7, 11) is -2.84. The second-order valence-electron chi connectivity index (χ2n) is 6.87. The fourth-order valence-corrected chi connectivity index (χ4v) is 5.87. The Kier molecular flexibility index (Phi) is 8.62. The Morgan fingerprint density at radius 1 is 1.35 bits per heavy atom. The van der Waals surface area contributed by atoms with Gasteiger partial charge in [-0.25, -0.2) is 13.4 Å². The van der Waals surface area contributed by atoms with Crippen LogP contribution in [-0.4, -0.2) is 51.7 Å². The van der Waals surface area contributed by atoms with Crippen LogP contribution in [0.15, 0.2) is 16.4 Å². The van der Waals surface area contributed by atoms with Crippen LogP contribution in [0.2, 0.25) is 0 Å². The fraction of sp³-hybridized carbons (Fsp3) is 0.706. The predicted molar refractivity (Wildman–Crippen MR) is 117 cm³/mol. The van der Waals surface area contributed by atoms with Crippen LogP contribution in [0.5, 0.6) is 0 Å². The first kappa shape index (κ1) is 21.9. The maximum atomic E-state index is 11.6. The van der Waals surface area contributed by atoms with Gasteiger partial charge in [-0.2, -0.15) is 0 Å². The van der Waals surface area contributed by atoms with Gasteiger partial charge in [0, 0.05) is 30.7 Å². The van der Waals surface area contributed by atoms with Gasteiger partial charge in [-0.3, -0.25) is 0 Å². The number of aryl methyl sites for hydroxylation is 1. The number of aliphatic imine (C=N–C) groups is 1. The van der Waals surface area contributed by atoms with Crippen molar-refractivity contribution in [2.24, 2.45) is 10.9 Å². The zero-order valence-electron chi connectivity index (χ0n) is 15.1. The molecule has 26 heavy (non-hydrogen) atoms. The van der Waals surface area contributed by atoms with Gasteiger partial charge < -0.3 is 15.4 Å². The molecule has 0 radical (unpaired) electrons. The molecule has 0 amide bonds. The van der Waals surface area contributed by atoms with Crippen LogP contribution in [0.3, 0.4) is 0 Å². The lowest BCUT2D eigenvalue weighted by Gasteiger charge is -2.25. The summed E-state index contributed by atoms with van der Waals surface area (Å²) in [5.41, 5.74) is 1.26. The fourth-order valence-electron chi connectivity index (χ4n) is 3.18. The Labute approximate surface area is 177 Å². The number of ether oxygens (including phenoxy) is 1. The molecule has 9 heteroatoms. The topological polar surface area (TPSA) is 79.8 Å². The van der Waals surface area contributed by atoms with Crippen LogP contribution in [0, 0.1) is 12.8 Å². The molecule has 1 aromatic heterocycles. The maximum Gasteiger partial charge on any atom is 0.191 e. The van der Waals surface area contributed by atoms with Crippen molar-refractivity contribution in [2.45, 2.75) is 38.8 Å². The van der Waals surface area contributed by atoms with Crippen molar-refractivity contribution in [3.05, 3.63) is 21.9 Å². The molecule has 2 aliphatic rings. The Morgan fingerprint density at radius 3 is 2.73 bits per heavy atom. The molecule has 0 aromatic carbocycles. The van der Waals surface area contributed by atoms with E-state index < -0.39 is 9.84 Å². The van der Waals surface area contributed by atoms with Crippen LogP contribution in [0.25, 0.3) is 0 Å². The molecule has 148 valence electrons. The summed E-state index contributed by atoms with van der Waals surface area (Å²) in [5, 5.41) is 8.95. The molecule has 3 heterocycles. The van der Waals surface area contributed by atoms with E-state index in [9.17, 15) is 8.42 Å². The molecular formula is C17H28IN3O3S2. The van der Waals surface area contributed by atoms with Crippen LogP contribution in [0.4, 0.5) is 0 Å². The number of guanidine groups is 1. The first-order valence-corrected chi connectivity index (χ1v) is 11.6. The molecule has 1 aromatic rings. The molecule has 2 saturated heterocycles. The zero-order chi connectivity index (χ0) is 17.7. The Morgan fingerprint density at radius 2 is 2.12 bits per heavy atom. The summed E-state index contributed by atoms with van der Waals surface area (Å²) >= 11 is 1.72. The van der Waals surface area contributed by atoms with Gasteiger partial charge in [0.15, 0.2) is 15.8 Å². The summed E-state index contributed by atoms with van der Waals surface area (Å²) in [6.45, 7) is 4.94. The minimum absolute atomic E-state index is 0. The van der Waals surface area contributed by atoms with Crippen molar-refractivity contribution < 1.29 is 13.2 Å². The molecule has 2 N–H and O–H groups in total. The third-order valence-corrected chi connectivity index (χ3v) is 7.64. The smallest absolute Gasteiger partial charge is 0.191 e. The van der Waals surface area contributed by atoms with Gasteiger partial charge in [-0.1, -0.05) is 0 Å². The number of halogens is 1. The van der Waals surface area contributed by atoms with Crippen molar-refractivity contribution in [1.29, 1.82) is 0 Å². The van der Waals surface area contributed by atoms with Crippen LogP contribution in [0.1, 0.15) is 29.7 Å². The van der Waals surface area contributed by atoms with Gasteiger partial charge in [0.1, 0.15) is 0 Å². The van der Waals surface area contributed by atoms with Gasteiger partial charge in [0.2, 0.25) is 0 Å². The minimum Gasteiger partial charge on any atom is -0.381 e. The van der Waals surface area contributed by atoms with Crippen molar-refractivity contribution in [2.75, 3.05) is 31.3 Å². The SMILES string of the molecule is Cc1ccsc1CN=C(NCC1CCS(=O)(=O)C1)NC1CCOCC1.I. The summed E-state index contributed by atoms with van der Waals surface area (Å²) in [6.07, 6.45) is 2.68. The van der Waals surface area contributed by atoms with Gasteiger partial charge in [-0.15, -0.1) is 35.3 Å². The Bertz CT molecular complexity index is 700. The molecular weight excluding hydrogens is 485 g/mol. The van der Waals surface area contributed by atoms with Crippen molar-refractivity contribution in [3.63, 3.8) is 0 Å². The highest BCUT2D eigenvalue weighted by atomic mass is 127. The molecule has 0 spiro atoms. The molecule has 0 bridgehead atoms. The lowest BCUT2D eigenvalue weighted by molar-refractivity contribution is 0.0822. The number of sulfone groups is 1. The average molecular weight is 513 g/mol. The number of nitrogens with one attached hydrogen (secondary N) is 2. The first-order chi connectivity index (χ1) is 12.0. The van der Waals surface area contributed by atoms with E-state index in [2.05, 4.69) is 29.0 Å². The summed E-state index contributed by atoms with van der Waals surface area (Å²) in [6, 6.07) is 2.47. The lowest BCUT2D eigenvalue weighted by atomic mass is 10.1. The standard InChI is InChI=1S/C17H27N3O3S2.HI/c1-13-4-8-24-16(13)11-19-17(20-15-2-6-23-7-3-15)18-10-14-5-9-25(21,22)12-14;/h4,8,14-15H,2-3,5-7,9-12H2,1H3,(H2,18,19,20);1H. The van der Waals surface area contributed by atoms with Crippen molar-refractivity contribution in [3.8, 4) is 0 Å². The van der Waals surface area contributed by atoms with E-state index in [1.807, 2.05) is 0 Å². The first-order valence-electron chi connectivity index (χ1n) is 8.88. The van der Waals surface area contributed by atoms with E-state index in [-0.39, 0.29) is 35.6 Å². The minimum atomic E-state index is -2.84. The van der Waals surface area contributed by atoms with Crippen molar-refractivity contribution in [1.82, 2.24) is 10.6 Å². The predicted octanol–water partition coefficient (Wildman–Crippen LogP) is 2.32. The van der Waals surface area contributed by atoms with E-state index in [0.717, 1.165) is 38.4 Å². The van der Waals surface area contributed by atoms with Crippen LogP contribution >= 0.6 is 35.3 Å². The zero-order valence-corrected chi connectivity index (χ0v) is 19.0. The highest BCUT2D eigenvalue weighted by Crippen LogP contribution is 2.18. The van der Waals surface area contributed by atoms with Crippen molar-refractivity contribution >= 4 is 51.1 Å².